The van der Waals surface area contributed by atoms with Crippen LogP contribution < -0.4 is 20.8 Å². The maximum Gasteiger partial charge on any atom is 0.332 e. The number of nitrogens with zero attached hydrogens (tertiary/aromatic N) is 3. The summed E-state index contributed by atoms with van der Waals surface area (Å²) in [6.45, 7) is 4.93. The van der Waals surface area contributed by atoms with E-state index in [9.17, 15) is 19.5 Å². The van der Waals surface area contributed by atoms with Crippen molar-refractivity contribution in [3.8, 4) is 11.5 Å². The van der Waals surface area contributed by atoms with Crippen molar-refractivity contribution in [3.63, 3.8) is 0 Å². The molecule has 3 aromatic carbocycles. The highest BCUT2D eigenvalue weighted by Gasteiger charge is 2.48. The maximum atomic E-state index is 12.6. The zero-order valence-electron chi connectivity index (χ0n) is 32.5. The second kappa shape index (κ2) is 21.3. The minimum Gasteiger partial charge on any atom is -0.497 e. The van der Waals surface area contributed by atoms with Gasteiger partial charge in [-0.15, -0.1) is 0 Å². The molecule has 1 fully saturated rings. The van der Waals surface area contributed by atoms with Crippen LogP contribution >= 0.6 is 8.25 Å². The van der Waals surface area contributed by atoms with Crippen LogP contribution in [0.15, 0.2) is 90.0 Å². The first-order valence-electron chi connectivity index (χ1n) is 18.0. The predicted octanol–water partition coefficient (Wildman–Crippen LogP) is 3.14. The molecule has 6 rings (SSSR count). The summed E-state index contributed by atoms with van der Waals surface area (Å²) in [5, 5.41) is 11.7. The van der Waals surface area contributed by atoms with Gasteiger partial charge in [-0.05, 0) is 47.9 Å². The highest BCUT2D eigenvalue weighted by Crippen LogP contribution is 2.43. The van der Waals surface area contributed by atoms with Crippen molar-refractivity contribution in [1.29, 1.82) is 0 Å². The van der Waals surface area contributed by atoms with Gasteiger partial charge in [0.05, 0.1) is 33.8 Å². The van der Waals surface area contributed by atoms with Gasteiger partial charge in [-0.1, -0.05) is 68.4 Å². The molecule has 58 heavy (non-hydrogen) atoms. The van der Waals surface area contributed by atoms with Gasteiger partial charge in [0.2, 0.25) is 5.95 Å². The van der Waals surface area contributed by atoms with Gasteiger partial charge in [0, 0.05) is 5.92 Å². The summed E-state index contributed by atoms with van der Waals surface area (Å²) in [6.07, 6.45) is -2.24. The number of aliphatic hydroxyl groups is 1. The quantitative estimate of drug-likeness (QED) is 0.0466. The first-order chi connectivity index (χ1) is 27.8. The second-order valence-corrected chi connectivity index (χ2v) is 13.5. The Morgan fingerprint density at radius 1 is 1.00 bits per heavy atom. The molecule has 3 heterocycles. The number of ether oxygens (including phenoxy) is 6. The lowest BCUT2D eigenvalue weighted by Gasteiger charge is -2.37. The average molecular weight is 826 g/mol. The average Bonchev–Trinajstić information content (AvgIpc) is 3.78. The number of methoxy groups -OCH3 is 2. The zero-order chi connectivity index (χ0) is 42.4. The molecule has 5 aromatic rings. The summed E-state index contributed by atoms with van der Waals surface area (Å²) in [7, 11) is 0.0620. The Morgan fingerprint density at radius 3 is 2.03 bits per heavy atom. The molecule has 0 bridgehead atoms. The van der Waals surface area contributed by atoms with Crippen LogP contribution in [0.4, 0.5) is 5.95 Å². The molecular formula is C39H48N5O13P. The molecule has 2 unspecified atom stereocenters. The lowest BCUT2D eigenvalue weighted by Crippen LogP contribution is -2.40. The van der Waals surface area contributed by atoms with Crippen molar-refractivity contribution in [2.24, 2.45) is 5.92 Å². The van der Waals surface area contributed by atoms with Crippen LogP contribution in [0, 0.1) is 5.92 Å². The Hall–Kier alpha value is -5.46. The standard InChI is InChI=1S/C35H37N5O9.C4H8O.H3O3P/c1-4-46-27(41)19-47-30-29(42)26(49-33(30)40-20-37-28-31(40)38-34(36)39-32(28)43)18-48-35(21-8-6-5-7-9-21,22-10-14-24(44-2)15-11-22)23-12-16-25(45-3)17-13-23;1-4(2)3-5;1-4(2)3/h5-17,20,26,29-30,33,42H,4,18-19H2,1-3H3,(H3,36,38,39,43);3-4H,1-2H3;4H,(H2,1,2,3)/t26-,29?,30?,33-;;/m1../s1. The molecule has 0 amide bonds. The molecule has 312 valence electrons. The number of hydrogen-bond acceptors (Lipinski definition) is 14. The van der Waals surface area contributed by atoms with Crippen LogP contribution in [0.3, 0.4) is 0 Å². The third-order valence-electron chi connectivity index (χ3n) is 8.65. The lowest BCUT2D eigenvalue weighted by atomic mass is 9.80. The summed E-state index contributed by atoms with van der Waals surface area (Å²) < 4.78 is 45.4. The van der Waals surface area contributed by atoms with E-state index in [2.05, 4.69) is 15.0 Å². The topological polar surface area (TPSA) is 257 Å². The number of carbonyl (C=O) groups is 2. The minimum absolute atomic E-state index is 0.0123. The third-order valence-corrected chi connectivity index (χ3v) is 8.65. The molecule has 2 aromatic heterocycles. The highest BCUT2D eigenvalue weighted by molar-refractivity contribution is 7.30. The molecule has 0 radical (unpaired) electrons. The summed E-state index contributed by atoms with van der Waals surface area (Å²) >= 11 is 0. The van der Waals surface area contributed by atoms with Crippen LogP contribution in [-0.2, 0) is 38.7 Å². The van der Waals surface area contributed by atoms with E-state index in [-0.39, 0.29) is 36.2 Å². The fourth-order valence-corrected chi connectivity index (χ4v) is 6.04. The van der Waals surface area contributed by atoms with Crippen molar-refractivity contribution in [1.82, 2.24) is 19.5 Å². The van der Waals surface area contributed by atoms with Crippen LogP contribution in [0.1, 0.15) is 43.7 Å². The molecule has 1 aliphatic rings. The van der Waals surface area contributed by atoms with E-state index < -0.39 is 56.5 Å². The van der Waals surface area contributed by atoms with Crippen molar-refractivity contribution in [2.75, 3.05) is 39.8 Å². The van der Waals surface area contributed by atoms with E-state index in [1.165, 1.54) is 10.9 Å². The van der Waals surface area contributed by atoms with E-state index in [0.717, 1.165) is 23.0 Å². The molecule has 0 saturated carbocycles. The van der Waals surface area contributed by atoms with Crippen LogP contribution in [0.2, 0.25) is 0 Å². The predicted molar refractivity (Wildman–Crippen MR) is 211 cm³/mol. The van der Waals surface area contributed by atoms with Crippen molar-refractivity contribution < 1.29 is 57.5 Å². The van der Waals surface area contributed by atoms with Crippen molar-refractivity contribution in [2.45, 2.75) is 50.9 Å². The number of aliphatic hydroxyl groups excluding tert-OH is 1. The number of carbonyl (C=O) groups excluding carboxylic acids is 2. The van der Waals surface area contributed by atoms with Gasteiger partial charge >= 0.3 is 14.2 Å². The van der Waals surface area contributed by atoms with Gasteiger partial charge in [-0.2, -0.15) is 4.98 Å². The first kappa shape index (κ1) is 45.2. The third kappa shape index (κ3) is 11.1. The normalized spacial score (nSPS) is 17.6. The molecule has 0 aliphatic carbocycles. The van der Waals surface area contributed by atoms with E-state index in [0.29, 0.717) is 11.5 Å². The molecule has 6 N–H and O–H groups in total. The molecule has 1 saturated heterocycles. The van der Waals surface area contributed by atoms with Crippen LogP contribution in [0.5, 0.6) is 11.5 Å². The maximum absolute atomic E-state index is 12.6. The molecule has 1 aliphatic heterocycles. The summed E-state index contributed by atoms with van der Waals surface area (Å²) in [5.74, 6) is 0.785. The number of esters is 1. The van der Waals surface area contributed by atoms with E-state index >= 15 is 0 Å². The number of aldehydes is 1. The number of benzene rings is 3. The number of nitrogens with two attached hydrogens (primary N) is 1. The Labute approximate surface area is 334 Å². The van der Waals surface area contributed by atoms with Crippen molar-refractivity contribution in [3.05, 3.63) is 112 Å². The van der Waals surface area contributed by atoms with Gasteiger partial charge in [-0.3, -0.25) is 18.9 Å². The van der Waals surface area contributed by atoms with Gasteiger partial charge < -0.3 is 53.8 Å². The number of H-pyrrole nitrogens is 1. The number of nitrogens with one attached hydrogen (secondary N) is 1. The largest absolute Gasteiger partial charge is 0.497 e. The van der Waals surface area contributed by atoms with Gasteiger partial charge in [0.15, 0.2) is 17.4 Å². The summed E-state index contributed by atoms with van der Waals surface area (Å²) in [4.78, 5) is 59.5. The van der Waals surface area contributed by atoms with E-state index in [4.69, 9.17) is 48.5 Å². The fraction of sp³-hybridized carbons (Fsp3) is 0.359. The van der Waals surface area contributed by atoms with Gasteiger partial charge in [0.25, 0.3) is 5.56 Å². The fourth-order valence-electron chi connectivity index (χ4n) is 6.04. The number of fused-ring (bicyclic) bond motifs is 1. The van der Waals surface area contributed by atoms with E-state index in [1.54, 1.807) is 21.1 Å². The second-order valence-electron chi connectivity index (χ2n) is 12.9. The van der Waals surface area contributed by atoms with E-state index in [1.807, 2.05) is 92.7 Å². The zero-order valence-corrected chi connectivity index (χ0v) is 33.5. The number of hydrogen-bond donors (Lipinski definition) is 5. The number of rotatable bonds is 14. The Morgan fingerprint density at radius 2 is 1.53 bits per heavy atom. The number of nitrogen functional groups attached to an aromatic ring is 1. The molecule has 18 nitrogen and oxygen atoms in total. The highest BCUT2D eigenvalue weighted by atomic mass is 31.1. The molecule has 19 heteroatoms. The number of imidazole rings is 1. The SMILES string of the molecule is CC(C)C=O.CCOC(=O)COC1C(O)[C@@H](COC(c2ccccc2)(c2ccc(OC)cc2)c2ccc(OC)cc2)O[C@H]1n1cnc2c(=O)[nH]c(N)nc21.O=[PH](O)O. The van der Waals surface area contributed by atoms with Gasteiger partial charge in [-0.25, -0.2) is 9.78 Å². The Balaban J connectivity index is 0.000000748. The summed E-state index contributed by atoms with van der Waals surface area (Å²) in [5.41, 5.74) is 6.59. The van der Waals surface area contributed by atoms with Crippen molar-refractivity contribution >= 4 is 37.6 Å². The minimum atomic E-state index is -3.13. The smallest absolute Gasteiger partial charge is 0.332 e. The first-order valence-corrected chi connectivity index (χ1v) is 19.3. The molecular weight excluding hydrogens is 777 g/mol. The van der Waals surface area contributed by atoms with Crippen LogP contribution in [0.25, 0.3) is 11.2 Å². The number of aromatic amines is 1. The van der Waals surface area contributed by atoms with Gasteiger partial charge in [0.1, 0.15) is 48.3 Å². The Kier molecular flexibility index (Phi) is 16.6. The Bertz CT molecular complexity index is 2100. The number of anilines is 1. The van der Waals surface area contributed by atoms with Crippen LogP contribution in [-0.4, -0.2) is 99.0 Å². The number of aromatic nitrogens is 4. The monoisotopic (exact) mass is 825 g/mol. The molecule has 0 spiro atoms. The molecule has 4 atom stereocenters. The lowest BCUT2D eigenvalue weighted by molar-refractivity contribution is -0.154. The summed E-state index contributed by atoms with van der Waals surface area (Å²) in [6, 6.07) is 24.7.